The molecule has 1 unspecified atom stereocenters. The predicted molar refractivity (Wildman–Crippen MR) is 72.7 cm³/mol. The quantitative estimate of drug-likeness (QED) is 0.807. The Labute approximate surface area is 125 Å². The standard InChI is InChI=1S/C14H15FN2O5/c15-10-3-1-2-9(6-10)13(19)16-7-12(18)17-4-5-22-8-11(17)14(20)21/h1-3,6,11H,4-5,7-8H2,(H,16,19)(H,20,21). The zero-order valence-corrected chi connectivity index (χ0v) is 11.6. The van der Waals surface area contributed by atoms with Gasteiger partial charge in [-0.2, -0.15) is 0 Å². The largest absolute Gasteiger partial charge is 0.480 e. The van der Waals surface area contributed by atoms with Crippen LogP contribution < -0.4 is 5.32 Å². The Bertz CT molecular complexity index is 592. The lowest BCUT2D eigenvalue weighted by Gasteiger charge is -2.32. The summed E-state index contributed by atoms with van der Waals surface area (Å²) in [6, 6.07) is 3.99. The average Bonchev–Trinajstić information content (AvgIpc) is 2.52. The third-order valence-corrected chi connectivity index (χ3v) is 3.22. The van der Waals surface area contributed by atoms with Crippen molar-refractivity contribution in [2.75, 3.05) is 26.3 Å². The summed E-state index contributed by atoms with van der Waals surface area (Å²) in [6.45, 7) is -0.0585. The summed E-state index contributed by atoms with van der Waals surface area (Å²) in [4.78, 5) is 36.1. The Kier molecular flexibility index (Phi) is 5.05. The van der Waals surface area contributed by atoms with E-state index in [0.717, 1.165) is 11.0 Å². The summed E-state index contributed by atoms with van der Waals surface area (Å²) in [5.41, 5.74) is 0.0876. The Balaban J connectivity index is 1.94. The average molecular weight is 310 g/mol. The number of hydrogen-bond donors (Lipinski definition) is 2. The smallest absolute Gasteiger partial charge is 0.328 e. The molecule has 118 valence electrons. The molecule has 1 aliphatic rings. The van der Waals surface area contributed by atoms with Crippen LogP contribution in [0.4, 0.5) is 4.39 Å². The summed E-state index contributed by atoms with van der Waals surface area (Å²) in [6.07, 6.45) is 0. The highest BCUT2D eigenvalue weighted by atomic mass is 19.1. The monoisotopic (exact) mass is 310 g/mol. The van der Waals surface area contributed by atoms with E-state index >= 15 is 0 Å². The number of nitrogens with one attached hydrogen (secondary N) is 1. The molecule has 0 spiro atoms. The Morgan fingerprint density at radius 1 is 1.41 bits per heavy atom. The molecule has 2 amide bonds. The Hall–Kier alpha value is -2.48. The van der Waals surface area contributed by atoms with Crippen molar-refractivity contribution in [3.63, 3.8) is 0 Å². The van der Waals surface area contributed by atoms with Crippen molar-refractivity contribution in [2.24, 2.45) is 0 Å². The molecule has 0 aromatic heterocycles. The molecule has 8 heteroatoms. The number of carbonyl (C=O) groups is 3. The fraction of sp³-hybridized carbons (Fsp3) is 0.357. The number of aliphatic carboxylic acids is 1. The molecular weight excluding hydrogens is 295 g/mol. The number of amides is 2. The van der Waals surface area contributed by atoms with Crippen molar-refractivity contribution in [3.05, 3.63) is 35.6 Å². The number of nitrogens with zero attached hydrogens (tertiary/aromatic N) is 1. The second-order valence-electron chi connectivity index (χ2n) is 4.71. The predicted octanol–water partition coefficient (Wildman–Crippen LogP) is -0.132. The van der Waals surface area contributed by atoms with Crippen molar-refractivity contribution in [2.45, 2.75) is 6.04 Å². The van der Waals surface area contributed by atoms with E-state index in [-0.39, 0.29) is 31.9 Å². The van der Waals surface area contributed by atoms with Gasteiger partial charge in [-0.3, -0.25) is 9.59 Å². The van der Waals surface area contributed by atoms with Gasteiger partial charge in [0.1, 0.15) is 5.82 Å². The van der Waals surface area contributed by atoms with Crippen LogP contribution in [-0.2, 0) is 14.3 Å². The van der Waals surface area contributed by atoms with E-state index in [2.05, 4.69) is 5.32 Å². The van der Waals surface area contributed by atoms with Crippen LogP contribution >= 0.6 is 0 Å². The zero-order valence-electron chi connectivity index (χ0n) is 11.6. The maximum absolute atomic E-state index is 13.0. The first-order chi connectivity index (χ1) is 10.5. The summed E-state index contributed by atoms with van der Waals surface area (Å²) in [7, 11) is 0. The van der Waals surface area contributed by atoms with E-state index in [0.29, 0.717) is 0 Å². The fourth-order valence-corrected chi connectivity index (χ4v) is 2.10. The van der Waals surface area contributed by atoms with Gasteiger partial charge in [0, 0.05) is 12.1 Å². The van der Waals surface area contributed by atoms with Crippen LogP contribution in [0.5, 0.6) is 0 Å². The van der Waals surface area contributed by atoms with Gasteiger partial charge in [0.15, 0.2) is 6.04 Å². The van der Waals surface area contributed by atoms with E-state index < -0.39 is 29.6 Å². The Morgan fingerprint density at radius 3 is 2.86 bits per heavy atom. The molecule has 0 saturated carbocycles. The molecule has 1 heterocycles. The maximum atomic E-state index is 13.0. The zero-order chi connectivity index (χ0) is 16.1. The van der Waals surface area contributed by atoms with E-state index in [1.165, 1.54) is 18.2 Å². The second-order valence-corrected chi connectivity index (χ2v) is 4.71. The van der Waals surface area contributed by atoms with E-state index in [9.17, 15) is 18.8 Å². The minimum atomic E-state index is -1.16. The molecule has 2 N–H and O–H groups in total. The first-order valence-electron chi connectivity index (χ1n) is 6.63. The van der Waals surface area contributed by atoms with Gasteiger partial charge in [-0.25, -0.2) is 9.18 Å². The van der Waals surface area contributed by atoms with Crippen molar-refractivity contribution < 1.29 is 28.6 Å². The van der Waals surface area contributed by atoms with Crippen LogP contribution in [0.25, 0.3) is 0 Å². The van der Waals surface area contributed by atoms with Gasteiger partial charge in [-0.1, -0.05) is 6.07 Å². The third kappa shape index (κ3) is 3.79. The van der Waals surface area contributed by atoms with Crippen molar-refractivity contribution in [1.82, 2.24) is 10.2 Å². The number of halogens is 1. The molecule has 22 heavy (non-hydrogen) atoms. The van der Waals surface area contributed by atoms with Crippen molar-refractivity contribution >= 4 is 17.8 Å². The highest BCUT2D eigenvalue weighted by molar-refractivity contribution is 5.96. The number of carboxylic acid groups (broad SMARTS) is 1. The minimum Gasteiger partial charge on any atom is -0.480 e. The number of morpholine rings is 1. The molecule has 1 aromatic carbocycles. The molecule has 7 nitrogen and oxygen atoms in total. The van der Waals surface area contributed by atoms with Gasteiger partial charge in [0.2, 0.25) is 5.91 Å². The summed E-state index contributed by atoms with van der Waals surface area (Å²) in [5, 5.41) is 11.4. The van der Waals surface area contributed by atoms with Gasteiger partial charge >= 0.3 is 5.97 Å². The van der Waals surface area contributed by atoms with Gasteiger partial charge in [-0.05, 0) is 18.2 Å². The highest BCUT2D eigenvalue weighted by Crippen LogP contribution is 2.08. The lowest BCUT2D eigenvalue weighted by atomic mass is 10.2. The molecule has 1 aromatic rings. The maximum Gasteiger partial charge on any atom is 0.328 e. The molecule has 0 radical (unpaired) electrons. The van der Waals surface area contributed by atoms with Gasteiger partial charge in [-0.15, -0.1) is 0 Å². The molecule has 2 rings (SSSR count). The lowest BCUT2D eigenvalue weighted by molar-refractivity contribution is -0.157. The number of rotatable bonds is 4. The molecule has 1 atom stereocenters. The van der Waals surface area contributed by atoms with Crippen molar-refractivity contribution in [3.8, 4) is 0 Å². The molecule has 1 saturated heterocycles. The van der Waals surface area contributed by atoms with E-state index in [1.807, 2.05) is 0 Å². The summed E-state index contributed by atoms with van der Waals surface area (Å²) >= 11 is 0. The van der Waals surface area contributed by atoms with Crippen LogP contribution in [-0.4, -0.2) is 60.1 Å². The SMILES string of the molecule is O=C(NCC(=O)N1CCOCC1C(=O)O)c1cccc(F)c1. The summed E-state index contributed by atoms with van der Waals surface area (Å²) in [5.74, 6) is -2.85. The number of ether oxygens (including phenoxy) is 1. The fourth-order valence-electron chi connectivity index (χ4n) is 2.10. The second kappa shape index (κ2) is 6.99. The van der Waals surface area contributed by atoms with Crippen LogP contribution in [0.2, 0.25) is 0 Å². The number of hydrogen-bond acceptors (Lipinski definition) is 4. The number of benzene rings is 1. The van der Waals surface area contributed by atoms with Crippen molar-refractivity contribution in [1.29, 1.82) is 0 Å². The first kappa shape index (κ1) is 15.9. The molecule has 1 fully saturated rings. The highest BCUT2D eigenvalue weighted by Gasteiger charge is 2.32. The van der Waals surface area contributed by atoms with Gasteiger partial charge in [0.25, 0.3) is 5.91 Å². The molecular formula is C14H15FN2O5. The normalized spacial score (nSPS) is 17.9. The Morgan fingerprint density at radius 2 is 2.18 bits per heavy atom. The number of carbonyl (C=O) groups excluding carboxylic acids is 2. The summed E-state index contributed by atoms with van der Waals surface area (Å²) < 4.78 is 18.1. The number of carboxylic acids is 1. The van der Waals surface area contributed by atoms with E-state index in [4.69, 9.17) is 9.84 Å². The van der Waals surface area contributed by atoms with Crippen LogP contribution in [0.15, 0.2) is 24.3 Å². The van der Waals surface area contributed by atoms with Gasteiger partial charge in [0.05, 0.1) is 19.8 Å². The van der Waals surface area contributed by atoms with E-state index in [1.54, 1.807) is 0 Å². The third-order valence-electron chi connectivity index (χ3n) is 3.22. The van der Waals surface area contributed by atoms with Crippen LogP contribution in [0.1, 0.15) is 10.4 Å². The minimum absolute atomic E-state index is 0.0844. The molecule has 1 aliphatic heterocycles. The molecule has 0 aliphatic carbocycles. The first-order valence-corrected chi connectivity index (χ1v) is 6.63. The van der Waals surface area contributed by atoms with Crippen LogP contribution in [0.3, 0.4) is 0 Å². The van der Waals surface area contributed by atoms with Gasteiger partial charge < -0.3 is 20.1 Å². The van der Waals surface area contributed by atoms with Crippen LogP contribution in [0, 0.1) is 5.82 Å². The topological polar surface area (TPSA) is 95.9 Å². The molecule has 0 bridgehead atoms. The lowest BCUT2D eigenvalue weighted by Crippen LogP contribution is -2.54.